The smallest absolute Gasteiger partial charge is 0.312 e. The molecule has 2 aromatic carbocycles. The van der Waals surface area contributed by atoms with Crippen molar-refractivity contribution < 1.29 is 29.3 Å². The molecule has 2 rings (SSSR count). The summed E-state index contributed by atoms with van der Waals surface area (Å²) in [5.74, 6) is -4.22. The van der Waals surface area contributed by atoms with E-state index in [1.54, 1.807) is 74.5 Å². The van der Waals surface area contributed by atoms with Crippen LogP contribution in [0.15, 0.2) is 60.7 Å². The first kappa shape index (κ1) is 21.6. The van der Waals surface area contributed by atoms with E-state index < -0.39 is 36.0 Å². The highest BCUT2D eigenvalue weighted by Gasteiger charge is 2.46. The molecule has 6 nitrogen and oxygen atoms in total. The van der Waals surface area contributed by atoms with Crippen molar-refractivity contribution in [1.29, 1.82) is 0 Å². The fourth-order valence-corrected chi connectivity index (χ4v) is 3.14. The fourth-order valence-electron chi connectivity index (χ4n) is 3.14. The van der Waals surface area contributed by atoms with Crippen LogP contribution in [0.25, 0.3) is 0 Å². The van der Waals surface area contributed by atoms with E-state index in [1.807, 2.05) is 0 Å². The van der Waals surface area contributed by atoms with Crippen molar-refractivity contribution in [2.24, 2.45) is 11.8 Å². The van der Waals surface area contributed by atoms with Gasteiger partial charge in [-0.1, -0.05) is 60.7 Å². The molecular formula is C22H26O6. The van der Waals surface area contributed by atoms with Crippen LogP contribution in [0.1, 0.15) is 37.2 Å². The Hall–Kier alpha value is -2.70. The van der Waals surface area contributed by atoms with E-state index in [-0.39, 0.29) is 13.2 Å². The number of hydrogen-bond donors (Lipinski definition) is 2. The van der Waals surface area contributed by atoms with Gasteiger partial charge in [-0.3, -0.25) is 9.59 Å². The van der Waals surface area contributed by atoms with Gasteiger partial charge in [0.1, 0.15) is 11.8 Å². The third kappa shape index (κ3) is 5.18. The molecule has 0 aliphatic heterocycles. The first-order valence-electron chi connectivity index (χ1n) is 9.30. The third-order valence-electron chi connectivity index (χ3n) is 4.47. The van der Waals surface area contributed by atoms with Crippen LogP contribution < -0.4 is 0 Å². The first-order valence-corrected chi connectivity index (χ1v) is 9.30. The van der Waals surface area contributed by atoms with Crippen LogP contribution in [0, 0.1) is 11.8 Å². The second-order valence-electron chi connectivity index (χ2n) is 6.27. The maximum Gasteiger partial charge on any atom is 0.312 e. The molecule has 0 radical (unpaired) electrons. The highest BCUT2D eigenvalue weighted by molar-refractivity contribution is 5.83. The largest absolute Gasteiger partial charge is 0.466 e. The first-order chi connectivity index (χ1) is 13.5. The van der Waals surface area contributed by atoms with Gasteiger partial charge in [0, 0.05) is 0 Å². The highest BCUT2D eigenvalue weighted by Crippen LogP contribution is 2.37. The van der Waals surface area contributed by atoms with Crippen LogP contribution in [0.5, 0.6) is 0 Å². The fraction of sp³-hybridized carbons (Fsp3) is 0.364. The summed E-state index contributed by atoms with van der Waals surface area (Å²) in [7, 11) is 0. The van der Waals surface area contributed by atoms with Gasteiger partial charge in [0.05, 0.1) is 25.4 Å². The quantitative estimate of drug-likeness (QED) is 0.644. The lowest BCUT2D eigenvalue weighted by Crippen LogP contribution is -2.40. The SMILES string of the molecule is CCOC(=O)[C@H]([C@H](C(=O)OCC)[C@@H](O)c1ccccc1)[C@@H](O)c1ccccc1. The summed E-state index contributed by atoms with van der Waals surface area (Å²) in [6.07, 6.45) is -2.71. The van der Waals surface area contributed by atoms with Crippen molar-refractivity contribution in [2.75, 3.05) is 13.2 Å². The summed E-state index contributed by atoms with van der Waals surface area (Å²) in [5, 5.41) is 21.9. The molecule has 0 heterocycles. The molecule has 2 N–H and O–H groups in total. The van der Waals surface area contributed by atoms with E-state index >= 15 is 0 Å². The van der Waals surface area contributed by atoms with Crippen molar-refractivity contribution in [3.63, 3.8) is 0 Å². The molecule has 150 valence electrons. The zero-order chi connectivity index (χ0) is 20.5. The van der Waals surface area contributed by atoms with Gasteiger partial charge in [-0.15, -0.1) is 0 Å². The number of rotatable bonds is 9. The average Bonchev–Trinajstić information content (AvgIpc) is 2.72. The van der Waals surface area contributed by atoms with E-state index in [1.165, 1.54) is 0 Å². The van der Waals surface area contributed by atoms with E-state index in [0.717, 1.165) is 0 Å². The zero-order valence-corrected chi connectivity index (χ0v) is 16.0. The summed E-state index contributed by atoms with van der Waals surface area (Å²) in [4.78, 5) is 25.5. The van der Waals surface area contributed by atoms with Crippen LogP contribution in [-0.4, -0.2) is 35.4 Å². The van der Waals surface area contributed by atoms with Crippen LogP contribution in [0.2, 0.25) is 0 Å². The normalized spacial score (nSPS) is 15.1. The lowest BCUT2D eigenvalue weighted by atomic mass is 9.79. The number of aliphatic hydroxyl groups excluding tert-OH is 2. The Morgan fingerprint density at radius 3 is 1.32 bits per heavy atom. The van der Waals surface area contributed by atoms with Crippen molar-refractivity contribution >= 4 is 11.9 Å². The molecule has 0 aromatic heterocycles. The topological polar surface area (TPSA) is 93.1 Å². The van der Waals surface area contributed by atoms with Gasteiger partial charge >= 0.3 is 11.9 Å². The Bertz CT molecular complexity index is 681. The second-order valence-corrected chi connectivity index (χ2v) is 6.27. The van der Waals surface area contributed by atoms with Gasteiger partial charge in [0.15, 0.2) is 0 Å². The van der Waals surface area contributed by atoms with Crippen LogP contribution in [-0.2, 0) is 19.1 Å². The monoisotopic (exact) mass is 386 g/mol. The number of hydrogen-bond acceptors (Lipinski definition) is 6. The number of carbonyl (C=O) groups is 2. The van der Waals surface area contributed by atoms with Crippen molar-refractivity contribution in [2.45, 2.75) is 26.1 Å². The maximum absolute atomic E-state index is 12.7. The predicted molar refractivity (Wildman–Crippen MR) is 103 cm³/mol. The summed E-state index contributed by atoms with van der Waals surface area (Å²) in [6.45, 7) is 3.43. The van der Waals surface area contributed by atoms with Crippen molar-refractivity contribution in [3.05, 3.63) is 71.8 Å². The van der Waals surface area contributed by atoms with E-state index in [0.29, 0.717) is 11.1 Å². The Morgan fingerprint density at radius 1 is 0.714 bits per heavy atom. The highest BCUT2D eigenvalue weighted by atomic mass is 16.5. The van der Waals surface area contributed by atoms with Gasteiger partial charge in [-0.25, -0.2) is 0 Å². The summed E-state index contributed by atoms with van der Waals surface area (Å²) >= 11 is 0. The number of aliphatic hydroxyl groups is 2. The van der Waals surface area contributed by atoms with Crippen molar-refractivity contribution in [3.8, 4) is 0 Å². The Balaban J connectivity index is 2.50. The Kier molecular flexibility index (Phi) is 8.17. The number of esters is 2. The molecule has 0 fully saturated rings. The molecule has 0 bridgehead atoms. The molecule has 0 aliphatic carbocycles. The minimum absolute atomic E-state index is 0.0772. The number of ether oxygens (including phenoxy) is 2. The summed E-state index contributed by atoms with van der Waals surface area (Å²) in [6, 6.07) is 17.0. The molecule has 4 atom stereocenters. The summed E-state index contributed by atoms with van der Waals surface area (Å²) in [5.41, 5.74) is 0.880. The second kappa shape index (κ2) is 10.6. The molecule has 2 aromatic rings. The molecule has 0 saturated heterocycles. The maximum atomic E-state index is 12.7. The molecular weight excluding hydrogens is 360 g/mol. The van der Waals surface area contributed by atoms with Crippen LogP contribution in [0.3, 0.4) is 0 Å². The van der Waals surface area contributed by atoms with E-state index in [2.05, 4.69) is 0 Å². The number of benzene rings is 2. The molecule has 6 heteroatoms. The average molecular weight is 386 g/mol. The lowest BCUT2D eigenvalue weighted by molar-refractivity contribution is -0.171. The molecule has 0 amide bonds. The van der Waals surface area contributed by atoms with Gasteiger partial charge in [-0.05, 0) is 25.0 Å². The van der Waals surface area contributed by atoms with E-state index in [9.17, 15) is 19.8 Å². The van der Waals surface area contributed by atoms with Crippen LogP contribution >= 0.6 is 0 Å². The number of carbonyl (C=O) groups excluding carboxylic acids is 2. The Labute approximate surface area is 164 Å². The van der Waals surface area contributed by atoms with Gasteiger partial charge in [0.25, 0.3) is 0 Å². The van der Waals surface area contributed by atoms with E-state index in [4.69, 9.17) is 9.47 Å². The molecule has 0 aliphatic rings. The van der Waals surface area contributed by atoms with Crippen LogP contribution in [0.4, 0.5) is 0 Å². The molecule has 0 unspecified atom stereocenters. The Morgan fingerprint density at radius 2 is 1.04 bits per heavy atom. The van der Waals surface area contributed by atoms with Crippen molar-refractivity contribution in [1.82, 2.24) is 0 Å². The molecule has 28 heavy (non-hydrogen) atoms. The predicted octanol–water partition coefficient (Wildman–Crippen LogP) is 2.81. The molecule has 0 saturated carbocycles. The van der Waals surface area contributed by atoms with Gasteiger partial charge < -0.3 is 19.7 Å². The lowest BCUT2D eigenvalue weighted by Gasteiger charge is -2.31. The molecule has 0 spiro atoms. The standard InChI is InChI=1S/C22H26O6/c1-3-27-21(25)17(19(23)15-11-7-5-8-12-15)18(22(26)28-4-2)20(24)16-13-9-6-10-14-16/h5-14,17-20,23-24H,3-4H2,1-2H3/t17-,18+,19-,20-/m0/s1. The van der Waals surface area contributed by atoms with Gasteiger partial charge in [0.2, 0.25) is 0 Å². The summed E-state index contributed by atoms with van der Waals surface area (Å²) < 4.78 is 10.2. The minimum atomic E-state index is -1.35. The zero-order valence-electron chi connectivity index (χ0n) is 16.0. The third-order valence-corrected chi connectivity index (χ3v) is 4.47. The minimum Gasteiger partial charge on any atom is -0.466 e. The van der Waals surface area contributed by atoms with Gasteiger partial charge in [-0.2, -0.15) is 0 Å².